The monoisotopic (exact) mass is 396 g/mol. The lowest BCUT2D eigenvalue weighted by molar-refractivity contribution is -0.118. The van der Waals surface area contributed by atoms with Gasteiger partial charge in [-0.05, 0) is 43.2 Å². The summed E-state index contributed by atoms with van der Waals surface area (Å²) in [5, 5.41) is 2.86. The number of aryl methyl sites for hydroxylation is 1. The van der Waals surface area contributed by atoms with Crippen molar-refractivity contribution in [2.45, 2.75) is 25.2 Å². The second-order valence-corrected chi connectivity index (χ2v) is 7.82. The molecule has 0 aliphatic carbocycles. The molecule has 140 valence electrons. The molecule has 26 heavy (non-hydrogen) atoms. The number of halogens is 1. The largest absolute Gasteiger partial charge is 0.482 e. The lowest BCUT2D eigenvalue weighted by Gasteiger charge is -2.11. The van der Waals surface area contributed by atoms with Crippen molar-refractivity contribution in [3.8, 4) is 5.75 Å². The number of para-hydroxylation sites is 1. The van der Waals surface area contributed by atoms with Crippen molar-refractivity contribution in [2.24, 2.45) is 0 Å². The summed E-state index contributed by atoms with van der Waals surface area (Å²) in [6.45, 7) is 3.86. The summed E-state index contributed by atoms with van der Waals surface area (Å²) in [5.74, 6) is -0.0993. The van der Waals surface area contributed by atoms with Gasteiger partial charge in [-0.1, -0.05) is 36.7 Å². The van der Waals surface area contributed by atoms with E-state index in [1.54, 1.807) is 6.07 Å². The topological polar surface area (TPSA) is 84.5 Å². The lowest BCUT2D eigenvalue weighted by Crippen LogP contribution is -2.24. The Hall–Kier alpha value is -2.09. The van der Waals surface area contributed by atoms with Crippen molar-refractivity contribution < 1.29 is 17.9 Å². The van der Waals surface area contributed by atoms with Crippen LogP contribution in [0, 0.1) is 6.92 Å². The maximum atomic E-state index is 12.1. The molecule has 0 radical (unpaired) electrons. The van der Waals surface area contributed by atoms with E-state index in [4.69, 9.17) is 16.3 Å². The van der Waals surface area contributed by atoms with E-state index >= 15 is 0 Å². The van der Waals surface area contributed by atoms with Gasteiger partial charge in [0.1, 0.15) is 5.75 Å². The predicted octanol–water partition coefficient (Wildman–Crippen LogP) is 3.35. The Balaban J connectivity index is 2.00. The number of anilines is 1. The maximum absolute atomic E-state index is 12.1. The van der Waals surface area contributed by atoms with Gasteiger partial charge in [0.05, 0.1) is 9.92 Å². The van der Waals surface area contributed by atoms with Crippen LogP contribution in [0.5, 0.6) is 5.75 Å². The predicted molar refractivity (Wildman–Crippen MR) is 102 cm³/mol. The van der Waals surface area contributed by atoms with Crippen molar-refractivity contribution >= 4 is 33.2 Å². The molecule has 0 saturated carbocycles. The van der Waals surface area contributed by atoms with E-state index in [1.807, 2.05) is 32.0 Å². The van der Waals surface area contributed by atoms with Crippen molar-refractivity contribution in [1.29, 1.82) is 0 Å². The van der Waals surface area contributed by atoms with Gasteiger partial charge in [0, 0.05) is 12.2 Å². The molecule has 0 aliphatic rings. The fourth-order valence-electron chi connectivity index (χ4n) is 2.13. The molecule has 0 spiro atoms. The molecule has 0 unspecified atom stereocenters. The van der Waals surface area contributed by atoms with Gasteiger partial charge in [0.15, 0.2) is 6.61 Å². The Labute approximate surface area is 158 Å². The van der Waals surface area contributed by atoms with E-state index in [1.165, 1.54) is 18.2 Å². The minimum atomic E-state index is -3.61. The number of nitrogens with one attached hydrogen (secondary N) is 2. The number of sulfonamides is 1. The van der Waals surface area contributed by atoms with Crippen molar-refractivity contribution in [2.75, 3.05) is 18.5 Å². The highest BCUT2D eigenvalue weighted by atomic mass is 35.5. The van der Waals surface area contributed by atoms with Gasteiger partial charge in [0.25, 0.3) is 5.91 Å². The van der Waals surface area contributed by atoms with Gasteiger partial charge in [-0.15, -0.1) is 0 Å². The van der Waals surface area contributed by atoms with Crippen LogP contribution < -0.4 is 14.8 Å². The van der Waals surface area contributed by atoms with Gasteiger partial charge in [-0.25, -0.2) is 13.1 Å². The minimum absolute atomic E-state index is 0.0488. The van der Waals surface area contributed by atoms with Crippen molar-refractivity contribution in [3.63, 3.8) is 0 Å². The van der Waals surface area contributed by atoms with Crippen LogP contribution in [0.4, 0.5) is 5.69 Å². The van der Waals surface area contributed by atoms with Gasteiger partial charge < -0.3 is 10.1 Å². The molecule has 0 bridgehead atoms. The van der Waals surface area contributed by atoms with E-state index in [2.05, 4.69) is 10.0 Å². The summed E-state index contributed by atoms with van der Waals surface area (Å²) in [7, 11) is -3.61. The van der Waals surface area contributed by atoms with E-state index < -0.39 is 10.0 Å². The first kappa shape index (κ1) is 20.2. The number of hydrogen-bond donors (Lipinski definition) is 2. The lowest BCUT2D eigenvalue weighted by atomic mass is 10.2. The Morgan fingerprint density at radius 1 is 1.19 bits per heavy atom. The molecule has 0 fully saturated rings. The Kier molecular flexibility index (Phi) is 7.02. The van der Waals surface area contributed by atoms with Crippen molar-refractivity contribution in [1.82, 2.24) is 4.72 Å². The standard InChI is InChI=1S/C18H21ClN2O4S/c1-3-10-20-26(23,24)14-8-9-17(15(19)11-14)25-12-18(22)21-16-7-5-4-6-13(16)2/h4-9,11,20H,3,10,12H2,1-2H3,(H,21,22). The number of amides is 1. The van der Waals surface area contributed by atoms with Crippen LogP contribution in [0.15, 0.2) is 47.4 Å². The van der Waals surface area contributed by atoms with Crippen LogP contribution in [0.25, 0.3) is 0 Å². The van der Waals surface area contributed by atoms with Gasteiger partial charge >= 0.3 is 0 Å². The SMILES string of the molecule is CCCNS(=O)(=O)c1ccc(OCC(=O)Nc2ccccc2C)c(Cl)c1. The van der Waals surface area contributed by atoms with Gasteiger partial charge in [-0.3, -0.25) is 4.79 Å². The normalized spacial score (nSPS) is 11.2. The van der Waals surface area contributed by atoms with Crippen LogP contribution in [0.2, 0.25) is 5.02 Å². The summed E-state index contributed by atoms with van der Waals surface area (Å²) in [4.78, 5) is 12.1. The number of rotatable bonds is 8. The third-order valence-electron chi connectivity index (χ3n) is 3.53. The average Bonchev–Trinajstić information content (AvgIpc) is 2.61. The quantitative estimate of drug-likeness (QED) is 0.716. The molecular formula is C18H21ClN2O4S. The molecule has 0 heterocycles. The fourth-order valence-corrected chi connectivity index (χ4v) is 3.59. The van der Waals surface area contributed by atoms with Gasteiger partial charge in [0.2, 0.25) is 10.0 Å². The molecular weight excluding hydrogens is 376 g/mol. The molecule has 6 nitrogen and oxygen atoms in total. The van der Waals surface area contributed by atoms with Crippen molar-refractivity contribution in [3.05, 3.63) is 53.1 Å². The highest BCUT2D eigenvalue weighted by Crippen LogP contribution is 2.27. The Morgan fingerprint density at radius 2 is 1.92 bits per heavy atom. The van der Waals surface area contributed by atoms with E-state index in [0.717, 1.165) is 5.56 Å². The highest BCUT2D eigenvalue weighted by molar-refractivity contribution is 7.89. The van der Waals surface area contributed by atoms with Crippen LogP contribution in [0.3, 0.4) is 0 Å². The zero-order valence-corrected chi connectivity index (χ0v) is 16.2. The molecule has 0 aromatic heterocycles. The second-order valence-electron chi connectivity index (χ2n) is 5.64. The van der Waals surface area contributed by atoms with Crippen LogP contribution in [-0.4, -0.2) is 27.5 Å². The zero-order chi connectivity index (χ0) is 19.2. The van der Waals surface area contributed by atoms with E-state index in [-0.39, 0.29) is 28.2 Å². The number of hydrogen-bond acceptors (Lipinski definition) is 4. The Morgan fingerprint density at radius 3 is 2.58 bits per heavy atom. The minimum Gasteiger partial charge on any atom is -0.482 e. The summed E-state index contributed by atoms with van der Waals surface area (Å²) < 4.78 is 32.0. The molecule has 0 saturated heterocycles. The molecule has 2 aromatic carbocycles. The first-order valence-corrected chi connectivity index (χ1v) is 9.97. The number of carbonyl (C=O) groups excluding carboxylic acids is 1. The van der Waals surface area contributed by atoms with E-state index in [9.17, 15) is 13.2 Å². The third-order valence-corrected chi connectivity index (χ3v) is 5.29. The van der Waals surface area contributed by atoms with Gasteiger partial charge in [-0.2, -0.15) is 0 Å². The summed E-state index contributed by atoms with van der Waals surface area (Å²) in [6.07, 6.45) is 0.685. The number of ether oxygens (including phenoxy) is 1. The van der Waals surface area contributed by atoms with Crippen LogP contribution >= 0.6 is 11.6 Å². The number of benzene rings is 2. The zero-order valence-electron chi connectivity index (χ0n) is 14.6. The third kappa shape index (κ3) is 5.45. The second kappa shape index (κ2) is 9.02. The summed E-state index contributed by atoms with van der Waals surface area (Å²) in [6, 6.07) is 11.5. The Bertz CT molecular complexity index is 885. The van der Waals surface area contributed by atoms with E-state index in [0.29, 0.717) is 18.7 Å². The molecule has 1 amide bonds. The smallest absolute Gasteiger partial charge is 0.262 e. The molecule has 2 aromatic rings. The molecule has 0 aliphatic heterocycles. The summed E-state index contributed by atoms with van der Waals surface area (Å²) in [5.41, 5.74) is 1.64. The highest BCUT2D eigenvalue weighted by Gasteiger charge is 2.16. The summed E-state index contributed by atoms with van der Waals surface area (Å²) >= 11 is 6.09. The average molecular weight is 397 g/mol. The molecule has 2 rings (SSSR count). The molecule has 2 N–H and O–H groups in total. The van der Waals surface area contributed by atoms with Crippen LogP contribution in [-0.2, 0) is 14.8 Å². The first-order chi connectivity index (χ1) is 12.3. The molecule has 0 atom stereocenters. The first-order valence-electron chi connectivity index (χ1n) is 8.11. The van der Waals surface area contributed by atoms with Crippen LogP contribution in [0.1, 0.15) is 18.9 Å². The fraction of sp³-hybridized carbons (Fsp3) is 0.278. The maximum Gasteiger partial charge on any atom is 0.262 e. The number of carbonyl (C=O) groups is 1. The molecule has 8 heteroatoms.